The Labute approximate surface area is 170 Å². The van der Waals surface area contributed by atoms with Gasteiger partial charge in [-0.3, -0.25) is 4.90 Å². The van der Waals surface area contributed by atoms with Crippen molar-refractivity contribution in [3.63, 3.8) is 0 Å². The number of halogens is 3. The van der Waals surface area contributed by atoms with Crippen LogP contribution in [-0.2, 0) is 6.18 Å². The van der Waals surface area contributed by atoms with Crippen molar-refractivity contribution in [1.82, 2.24) is 4.90 Å². The molecule has 0 unspecified atom stereocenters. The molecule has 1 aliphatic rings. The second-order valence-electron chi connectivity index (χ2n) is 6.53. The van der Waals surface area contributed by atoms with Crippen LogP contribution in [0.2, 0.25) is 0 Å². The van der Waals surface area contributed by atoms with Crippen LogP contribution in [0.5, 0.6) is 0 Å². The summed E-state index contributed by atoms with van der Waals surface area (Å²) in [6.07, 6.45) is -4.31. The maximum atomic E-state index is 12.9. The first-order valence-corrected chi connectivity index (χ1v) is 10.7. The second kappa shape index (κ2) is 9.19. The van der Waals surface area contributed by atoms with Gasteiger partial charge >= 0.3 is 6.18 Å². The third-order valence-corrected chi connectivity index (χ3v) is 7.05. The van der Waals surface area contributed by atoms with Gasteiger partial charge in [-0.1, -0.05) is 11.2 Å². The first-order chi connectivity index (χ1) is 13.4. The summed E-state index contributed by atoms with van der Waals surface area (Å²) in [7, 11) is 0. The first-order valence-electron chi connectivity index (χ1n) is 8.93. The van der Waals surface area contributed by atoms with Crippen LogP contribution in [0.15, 0.2) is 45.8 Å². The van der Waals surface area contributed by atoms with Crippen molar-refractivity contribution in [2.24, 2.45) is 5.16 Å². The van der Waals surface area contributed by atoms with Gasteiger partial charge in [0.05, 0.1) is 20.4 Å². The molecule has 1 aromatic carbocycles. The number of rotatable bonds is 6. The zero-order valence-corrected chi connectivity index (χ0v) is 17.1. The molecule has 0 aliphatic carbocycles. The molecule has 0 bridgehead atoms. The van der Waals surface area contributed by atoms with Gasteiger partial charge in [0, 0.05) is 44.2 Å². The third kappa shape index (κ3) is 5.42. The first kappa shape index (κ1) is 21.0. The SMILES string of the molecule is C/C(=N\O)c1ccc(SCCN2CCN(c3cccc(C(F)(F)F)c3)CC2)s1. The molecule has 1 aliphatic heterocycles. The van der Waals surface area contributed by atoms with E-state index in [1.165, 1.54) is 16.3 Å². The van der Waals surface area contributed by atoms with E-state index in [1.54, 1.807) is 36.1 Å². The minimum Gasteiger partial charge on any atom is -0.411 e. The number of alkyl halides is 3. The highest BCUT2D eigenvalue weighted by molar-refractivity contribution is 8.01. The van der Waals surface area contributed by atoms with E-state index in [0.29, 0.717) is 11.4 Å². The van der Waals surface area contributed by atoms with Gasteiger partial charge in [-0.05, 0) is 37.3 Å². The average molecular weight is 430 g/mol. The van der Waals surface area contributed by atoms with E-state index in [4.69, 9.17) is 5.21 Å². The molecule has 2 aromatic rings. The predicted octanol–water partition coefficient (Wildman–Crippen LogP) is 4.88. The van der Waals surface area contributed by atoms with Crippen molar-refractivity contribution in [3.8, 4) is 0 Å². The van der Waals surface area contributed by atoms with Crippen molar-refractivity contribution in [3.05, 3.63) is 46.8 Å². The fourth-order valence-corrected chi connectivity index (χ4v) is 5.17. The number of piperazine rings is 1. The molecular weight excluding hydrogens is 407 g/mol. The van der Waals surface area contributed by atoms with Crippen LogP contribution >= 0.6 is 23.1 Å². The van der Waals surface area contributed by atoms with E-state index in [0.717, 1.165) is 49.4 Å². The number of thiophene rings is 1. The molecular formula is C19H22F3N3OS2. The lowest BCUT2D eigenvalue weighted by Gasteiger charge is -2.36. The summed E-state index contributed by atoms with van der Waals surface area (Å²) in [5.74, 6) is 0.943. The molecule has 3 rings (SSSR count). The number of thioether (sulfide) groups is 1. The quantitative estimate of drug-likeness (QED) is 0.308. The number of benzene rings is 1. The van der Waals surface area contributed by atoms with E-state index in [2.05, 4.69) is 10.1 Å². The Morgan fingerprint density at radius 1 is 1.18 bits per heavy atom. The Morgan fingerprint density at radius 3 is 2.61 bits per heavy atom. The fraction of sp³-hybridized carbons (Fsp3) is 0.421. The lowest BCUT2D eigenvalue weighted by Crippen LogP contribution is -2.47. The molecule has 152 valence electrons. The van der Waals surface area contributed by atoms with E-state index in [-0.39, 0.29) is 0 Å². The molecule has 0 amide bonds. The number of hydrogen-bond acceptors (Lipinski definition) is 6. The molecule has 1 N–H and O–H groups in total. The standard InChI is InChI=1S/C19H22F3N3OS2/c1-14(23-26)17-5-6-18(28-17)27-12-11-24-7-9-25(10-8-24)16-4-2-3-15(13-16)19(20,21)22/h2-6,13,26H,7-12H2,1H3/b23-14+. The molecule has 0 saturated carbocycles. The molecule has 28 heavy (non-hydrogen) atoms. The molecule has 1 saturated heterocycles. The van der Waals surface area contributed by atoms with Crippen LogP contribution in [0.1, 0.15) is 17.4 Å². The topological polar surface area (TPSA) is 39.1 Å². The summed E-state index contributed by atoms with van der Waals surface area (Å²) < 4.78 is 39.9. The van der Waals surface area contributed by atoms with Gasteiger partial charge in [0.1, 0.15) is 0 Å². The summed E-state index contributed by atoms with van der Waals surface area (Å²) in [6.45, 7) is 5.82. The highest BCUT2D eigenvalue weighted by atomic mass is 32.2. The van der Waals surface area contributed by atoms with Crippen LogP contribution in [-0.4, -0.2) is 54.3 Å². The Bertz CT molecular complexity index is 815. The van der Waals surface area contributed by atoms with E-state index >= 15 is 0 Å². The van der Waals surface area contributed by atoms with Crippen molar-refractivity contribution in [1.29, 1.82) is 0 Å². The molecule has 4 nitrogen and oxygen atoms in total. The van der Waals surface area contributed by atoms with E-state index in [9.17, 15) is 13.2 Å². The monoisotopic (exact) mass is 429 g/mol. The number of oxime groups is 1. The molecule has 2 heterocycles. The van der Waals surface area contributed by atoms with Gasteiger partial charge in [-0.15, -0.1) is 23.1 Å². The van der Waals surface area contributed by atoms with Crippen molar-refractivity contribution < 1.29 is 18.4 Å². The lowest BCUT2D eigenvalue weighted by molar-refractivity contribution is -0.137. The highest BCUT2D eigenvalue weighted by Crippen LogP contribution is 2.32. The summed E-state index contributed by atoms with van der Waals surface area (Å²) >= 11 is 3.37. The maximum absolute atomic E-state index is 12.9. The Kier molecular flexibility index (Phi) is 6.90. The predicted molar refractivity (Wildman–Crippen MR) is 109 cm³/mol. The van der Waals surface area contributed by atoms with Crippen LogP contribution in [0.3, 0.4) is 0 Å². The minimum absolute atomic E-state index is 0.597. The van der Waals surface area contributed by atoms with Crippen LogP contribution < -0.4 is 4.90 Å². The largest absolute Gasteiger partial charge is 0.416 e. The Hall–Kier alpha value is -1.71. The van der Waals surface area contributed by atoms with Gasteiger partial charge in [-0.2, -0.15) is 13.2 Å². The van der Waals surface area contributed by atoms with Gasteiger partial charge in [-0.25, -0.2) is 0 Å². The number of nitrogens with zero attached hydrogens (tertiary/aromatic N) is 3. The number of hydrogen-bond donors (Lipinski definition) is 1. The van der Waals surface area contributed by atoms with Crippen molar-refractivity contribution in [2.45, 2.75) is 17.3 Å². The van der Waals surface area contributed by atoms with Gasteiger partial charge < -0.3 is 10.1 Å². The minimum atomic E-state index is -4.31. The van der Waals surface area contributed by atoms with E-state index < -0.39 is 11.7 Å². The van der Waals surface area contributed by atoms with Gasteiger partial charge in [0.25, 0.3) is 0 Å². The second-order valence-corrected chi connectivity index (χ2v) is 9.01. The van der Waals surface area contributed by atoms with Crippen LogP contribution in [0, 0.1) is 0 Å². The molecule has 0 atom stereocenters. The summed E-state index contributed by atoms with van der Waals surface area (Å²) in [5, 5.41) is 12.0. The summed E-state index contributed by atoms with van der Waals surface area (Å²) in [4.78, 5) is 5.31. The average Bonchev–Trinajstić information content (AvgIpc) is 3.16. The normalized spacial score (nSPS) is 16.6. The highest BCUT2D eigenvalue weighted by Gasteiger charge is 2.31. The van der Waals surface area contributed by atoms with E-state index in [1.807, 2.05) is 17.0 Å². The zero-order valence-electron chi connectivity index (χ0n) is 15.4. The molecule has 9 heteroatoms. The molecule has 0 spiro atoms. The molecule has 1 fully saturated rings. The lowest BCUT2D eigenvalue weighted by atomic mass is 10.1. The van der Waals surface area contributed by atoms with Gasteiger partial charge in [0.2, 0.25) is 0 Å². The van der Waals surface area contributed by atoms with Crippen LogP contribution in [0.4, 0.5) is 18.9 Å². The smallest absolute Gasteiger partial charge is 0.411 e. The third-order valence-electron chi connectivity index (χ3n) is 4.65. The Balaban J connectivity index is 1.45. The summed E-state index contributed by atoms with van der Waals surface area (Å²) in [6, 6.07) is 9.55. The van der Waals surface area contributed by atoms with Gasteiger partial charge in [0.15, 0.2) is 0 Å². The zero-order chi connectivity index (χ0) is 20.1. The molecule has 0 radical (unpaired) electrons. The van der Waals surface area contributed by atoms with Crippen molar-refractivity contribution >= 4 is 34.5 Å². The van der Waals surface area contributed by atoms with Crippen molar-refractivity contribution in [2.75, 3.05) is 43.4 Å². The maximum Gasteiger partial charge on any atom is 0.416 e. The Morgan fingerprint density at radius 2 is 1.93 bits per heavy atom. The summed E-state index contributed by atoms with van der Waals surface area (Å²) in [5.41, 5.74) is 0.652. The molecule has 1 aromatic heterocycles. The fourth-order valence-electron chi connectivity index (χ4n) is 3.03. The number of anilines is 1. The van der Waals surface area contributed by atoms with Crippen LogP contribution in [0.25, 0.3) is 0 Å².